The molecule has 4 nitrogen and oxygen atoms in total. The second kappa shape index (κ2) is 3.92. The van der Waals surface area contributed by atoms with Crippen LogP contribution in [0.5, 0.6) is 0 Å². The Balaban J connectivity index is 2.20. The van der Waals surface area contributed by atoms with Crippen LogP contribution in [0.4, 0.5) is 0 Å². The Morgan fingerprint density at radius 3 is 2.86 bits per heavy atom. The molecule has 14 heavy (non-hydrogen) atoms. The standard InChI is InChI=1S/C10H14N2O2/c1-12-10(6-9(7-13)11-12)8-2-4-14-5-3-8/h6-8H,2-5H2,1H3. The average Bonchev–Trinajstić information content (AvgIpc) is 2.61. The molecule has 0 aromatic carbocycles. The summed E-state index contributed by atoms with van der Waals surface area (Å²) in [7, 11) is 1.89. The second-order valence-corrected chi connectivity index (χ2v) is 3.62. The van der Waals surface area contributed by atoms with Crippen molar-refractivity contribution in [2.45, 2.75) is 18.8 Å². The molecule has 0 N–H and O–H groups in total. The molecule has 0 unspecified atom stereocenters. The van der Waals surface area contributed by atoms with Gasteiger partial charge < -0.3 is 4.74 Å². The smallest absolute Gasteiger partial charge is 0.170 e. The lowest BCUT2D eigenvalue weighted by molar-refractivity contribution is 0.0837. The summed E-state index contributed by atoms with van der Waals surface area (Å²) in [4.78, 5) is 10.6. The Labute approximate surface area is 82.9 Å². The van der Waals surface area contributed by atoms with Crippen LogP contribution in [0.3, 0.4) is 0 Å². The number of hydrogen-bond donors (Lipinski definition) is 0. The zero-order valence-corrected chi connectivity index (χ0v) is 8.27. The van der Waals surface area contributed by atoms with Crippen molar-refractivity contribution in [3.63, 3.8) is 0 Å². The number of carbonyl (C=O) groups is 1. The molecular weight excluding hydrogens is 180 g/mol. The minimum Gasteiger partial charge on any atom is -0.381 e. The van der Waals surface area contributed by atoms with Gasteiger partial charge in [0.15, 0.2) is 6.29 Å². The summed E-state index contributed by atoms with van der Waals surface area (Å²) in [6, 6.07) is 1.88. The number of aldehydes is 1. The van der Waals surface area contributed by atoms with E-state index in [1.54, 1.807) is 4.68 Å². The number of aryl methyl sites for hydroxylation is 1. The second-order valence-electron chi connectivity index (χ2n) is 3.62. The molecule has 1 saturated heterocycles. The molecule has 0 amide bonds. The third kappa shape index (κ3) is 1.70. The largest absolute Gasteiger partial charge is 0.381 e. The topological polar surface area (TPSA) is 44.1 Å². The first kappa shape index (κ1) is 9.40. The summed E-state index contributed by atoms with van der Waals surface area (Å²) >= 11 is 0. The van der Waals surface area contributed by atoms with Crippen LogP contribution in [-0.2, 0) is 11.8 Å². The molecule has 1 aliphatic rings. The fourth-order valence-electron chi connectivity index (χ4n) is 1.94. The van der Waals surface area contributed by atoms with Crippen LogP contribution in [0.1, 0.15) is 34.9 Å². The highest BCUT2D eigenvalue weighted by atomic mass is 16.5. The Kier molecular flexibility index (Phi) is 2.63. The van der Waals surface area contributed by atoms with Crippen molar-refractivity contribution in [1.82, 2.24) is 9.78 Å². The van der Waals surface area contributed by atoms with Gasteiger partial charge in [0.2, 0.25) is 0 Å². The molecule has 1 aromatic heterocycles. The number of carbonyl (C=O) groups excluding carboxylic acids is 1. The minimum atomic E-state index is 0.495. The van der Waals surface area contributed by atoms with Gasteiger partial charge in [-0.15, -0.1) is 0 Å². The van der Waals surface area contributed by atoms with Crippen LogP contribution in [0.2, 0.25) is 0 Å². The van der Waals surface area contributed by atoms with Crippen molar-refractivity contribution in [3.05, 3.63) is 17.5 Å². The van der Waals surface area contributed by atoms with Crippen LogP contribution in [0.25, 0.3) is 0 Å². The van der Waals surface area contributed by atoms with Gasteiger partial charge in [-0.2, -0.15) is 5.10 Å². The Bertz CT molecular complexity index is 327. The molecule has 1 aliphatic heterocycles. The molecule has 0 bridgehead atoms. The zero-order chi connectivity index (χ0) is 9.97. The van der Waals surface area contributed by atoms with Gasteiger partial charge in [-0.1, -0.05) is 0 Å². The lowest BCUT2D eigenvalue weighted by Gasteiger charge is -2.21. The van der Waals surface area contributed by atoms with E-state index in [0.717, 1.165) is 38.0 Å². The van der Waals surface area contributed by atoms with Crippen molar-refractivity contribution < 1.29 is 9.53 Å². The molecule has 0 radical (unpaired) electrons. The van der Waals surface area contributed by atoms with Gasteiger partial charge in [0.1, 0.15) is 5.69 Å². The summed E-state index contributed by atoms with van der Waals surface area (Å²) in [5, 5.41) is 4.11. The molecule has 2 heterocycles. The maximum absolute atomic E-state index is 10.6. The predicted octanol–water partition coefficient (Wildman–Crippen LogP) is 1.13. The number of hydrogen-bond acceptors (Lipinski definition) is 3. The SMILES string of the molecule is Cn1nc(C=O)cc1C1CCOCC1. The Morgan fingerprint density at radius 2 is 2.29 bits per heavy atom. The molecule has 76 valence electrons. The van der Waals surface area contributed by atoms with Crippen molar-refractivity contribution in [2.75, 3.05) is 13.2 Å². The molecule has 1 aromatic rings. The maximum Gasteiger partial charge on any atom is 0.170 e. The monoisotopic (exact) mass is 194 g/mol. The zero-order valence-electron chi connectivity index (χ0n) is 8.27. The first-order valence-electron chi connectivity index (χ1n) is 4.88. The van der Waals surface area contributed by atoms with E-state index in [1.165, 1.54) is 0 Å². The van der Waals surface area contributed by atoms with Gasteiger partial charge in [-0.05, 0) is 18.9 Å². The molecule has 0 atom stereocenters. The summed E-state index contributed by atoms with van der Waals surface area (Å²) in [5.74, 6) is 0.495. The van der Waals surface area contributed by atoms with Gasteiger partial charge in [-0.3, -0.25) is 9.48 Å². The van der Waals surface area contributed by atoms with Crippen LogP contribution in [0.15, 0.2) is 6.07 Å². The molecule has 1 fully saturated rings. The Hall–Kier alpha value is -1.16. The Morgan fingerprint density at radius 1 is 1.57 bits per heavy atom. The van der Waals surface area contributed by atoms with Gasteiger partial charge >= 0.3 is 0 Å². The van der Waals surface area contributed by atoms with Crippen LogP contribution >= 0.6 is 0 Å². The average molecular weight is 194 g/mol. The molecule has 0 spiro atoms. The first-order chi connectivity index (χ1) is 6.81. The summed E-state index contributed by atoms with van der Waals surface area (Å²) in [5.41, 5.74) is 1.67. The first-order valence-corrected chi connectivity index (χ1v) is 4.88. The quantitative estimate of drug-likeness (QED) is 0.663. The molecule has 0 aliphatic carbocycles. The summed E-state index contributed by atoms with van der Waals surface area (Å²) < 4.78 is 7.10. The van der Waals surface area contributed by atoms with Gasteiger partial charge in [0.25, 0.3) is 0 Å². The third-order valence-electron chi connectivity index (χ3n) is 2.70. The van der Waals surface area contributed by atoms with Crippen molar-refractivity contribution >= 4 is 6.29 Å². The van der Waals surface area contributed by atoms with Gasteiger partial charge in [0.05, 0.1) is 0 Å². The highest BCUT2D eigenvalue weighted by Gasteiger charge is 2.19. The minimum absolute atomic E-state index is 0.495. The van der Waals surface area contributed by atoms with E-state index in [9.17, 15) is 4.79 Å². The highest BCUT2D eigenvalue weighted by Crippen LogP contribution is 2.26. The fourth-order valence-corrected chi connectivity index (χ4v) is 1.94. The van der Waals surface area contributed by atoms with E-state index in [2.05, 4.69) is 5.10 Å². The van der Waals surface area contributed by atoms with Gasteiger partial charge in [-0.25, -0.2) is 0 Å². The lowest BCUT2D eigenvalue weighted by atomic mass is 9.96. The molecule has 0 saturated carbocycles. The van der Waals surface area contributed by atoms with Crippen LogP contribution < -0.4 is 0 Å². The van der Waals surface area contributed by atoms with Crippen molar-refractivity contribution in [3.8, 4) is 0 Å². The fraction of sp³-hybridized carbons (Fsp3) is 0.600. The van der Waals surface area contributed by atoms with Crippen molar-refractivity contribution in [2.24, 2.45) is 7.05 Å². The molecular formula is C10H14N2O2. The third-order valence-corrected chi connectivity index (χ3v) is 2.70. The normalized spacial score (nSPS) is 18.4. The lowest BCUT2D eigenvalue weighted by Crippen LogP contribution is -2.16. The maximum atomic E-state index is 10.6. The highest BCUT2D eigenvalue weighted by molar-refractivity contribution is 5.71. The van der Waals surface area contributed by atoms with Crippen LogP contribution in [-0.4, -0.2) is 29.3 Å². The number of nitrogens with zero attached hydrogens (tertiary/aromatic N) is 2. The molecule has 2 rings (SSSR count). The van der Waals surface area contributed by atoms with E-state index in [0.29, 0.717) is 11.6 Å². The summed E-state index contributed by atoms with van der Waals surface area (Å²) in [6.45, 7) is 1.62. The number of aromatic nitrogens is 2. The van der Waals surface area contributed by atoms with Gasteiger partial charge in [0, 0.05) is 31.9 Å². The van der Waals surface area contributed by atoms with E-state index in [1.807, 2.05) is 13.1 Å². The van der Waals surface area contributed by atoms with Crippen molar-refractivity contribution in [1.29, 1.82) is 0 Å². The number of rotatable bonds is 2. The summed E-state index contributed by atoms with van der Waals surface area (Å²) in [6.07, 6.45) is 2.85. The number of ether oxygens (including phenoxy) is 1. The van der Waals surface area contributed by atoms with E-state index in [4.69, 9.17) is 4.74 Å². The van der Waals surface area contributed by atoms with E-state index >= 15 is 0 Å². The van der Waals surface area contributed by atoms with E-state index < -0.39 is 0 Å². The predicted molar refractivity (Wildman–Crippen MR) is 51.4 cm³/mol. The molecule has 4 heteroatoms. The van der Waals surface area contributed by atoms with Crippen LogP contribution in [0, 0.1) is 0 Å². The van der Waals surface area contributed by atoms with E-state index in [-0.39, 0.29) is 0 Å².